The van der Waals surface area contributed by atoms with Crippen LogP contribution in [-0.4, -0.2) is 34.2 Å². The summed E-state index contributed by atoms with van der Waals surface area (Å²) in [7, 11) is 1.62. The minimum Gasteiger partial charge on any atom is -0.496 e. The summed E-state index contributed by atoms with van der Waals surface area (Å²) in [6, 6.07) is 5.43. The van der Waals surface area contributed by atoms with Crippen LogP contribution in [0.5, 0.6) is 5.75 Å². The zero-order valence-corrected chi connectivity index (χ0v) is 13.5. The van der Waals surface area contributed by atoms with Gasteiger partial charge in [0.2, 0.25) is 0 Å². The highest BCUT2D eigenvalue weighted by atomic mass is 35.5. The van der Waals surface area contributed by atoms with E-state index in [2.05, 4.69) is 6.92 Å². The third-order valence-corrected chi connectivity index (χ3v) is 6.89. The van der Waals surface area contributed by atoms with E-state index in [0.29, 0.717) is 16.0 Å². The lowest BCUT2D eigenvalue weighted by Crippen LogP contribution is -2.31. The average molecular weight is 319 g/mol. The van der Waals surface area contributed by atoms with Crippen LogP contribution in [0.3, 0.4) is 0 Å². The maximum absolute atomic E-state index is 10.7. The number of hydrogen-bond donors (Lipinski definition) is 1. The number of halogens is 1. The van der Waals surface area contributed by atoms with E-state index >= 15 is 0 Å². The number of thioether (sulfide) groups is 2. The highest BCUT2D eigenvalue weighted by Crippen LogP contribution is 2.42. The molecule has 106 valence electrons. The molecule has 0 saturated carbocycles. The first-order valence-electron chi connectivity index (χ1n) is 6.42. The lowest BCUT2D eigenvalue weighted by molar-refractivity contribution is 0.168. The molecule has 1 N–H and O–H groups in total. The van der Waals surface area contributed by atoms with Crippen LogP contribution in [0.25, 0.3) is 0 Å². The fraction of sp³-hybridized carbons (Fsp3) is 0.571. The van der Waals surface area contributed by atoms with Crippen molar-refractivity contribution < 1.29 is 9.84 Å². The molecular formula is C14H19ClO2S2. The van der Waals surface area contributed by atoms with Crippen molar-refractivity contribution >= 4 is 35.1 Å². The van der Waals surface area contributed by atoms with Crippen LogP contribution < -0.4 is 4.74 Å². The molecule has 1 fully saturated rings. The zero-order chi connectivity index (χ0) is 13.8. The van der Waals surface area contributed by atoms with Crippen LogP contribution in [0.2, 0.25) is 5.02 Å². The molecule has 0 radical (unpaired) electrons. The second-order valence-electron chi connectivity index (χ2n) is 4.48. The Morgan fingerprint density at radius 3 is 2.84 bits per heavy atom. The molecule has 3 unspecified atom stereocenters. The molecule has 0 aliphatic carbocycles. The molecular weight excluding hydrogens is 300 g/mol. The van der Waals surface area contributed by atoms with Crippen LogP contribution in [0.15, 0.2) is 18.2 Å². The number of aliphatic hydroxyl groups is 1. The third kappa shape index (κ3) is 3.54. The number of methoxy groups -OCH3 is 1. The molecule has 2 nitrogen and oxygen atoms in total. The first kappa shape index (κ1) is 15.4. The Labute approximate surface area is 128 Å². The van der Waals surface area contributed by atoms with Crippen molar-refractivity contribution in [2.45, 2.75) is 29.9 Å². The number of rotatable bonds is 4. The summed E-state index contributed by atoms with van der Waals surface area (Å²) in [5, 5.41) is 12.0. The maximum atomic E-state index is 10.7. The molecule has 0 amide bonds. The van der Waals surface area contributed by atoms with Crippen molar-refractivity contribution in [3.8, 4) is 5.75 Å². The number of hydrogen-bond acceptors (Lipinski definition) is 4. The summed E-state index contributed by atoms with van der Waals surface area (Å²) in [5.74, 6) is 2.97. The lowest BCUT2D eigenvalue weighted by Gasteiger charge is -2.34. The van der Waals surface area contributed by atoms with Gasteiger partial charge in [-0.3, -0.25) is 0 Å². The predicted octanol–water partition coefficient (Wildman–Crippen LogP) is 4.01. The fourth-order valence-corrected chi connectivity index (χ4v) is 5.65. The Morgan fingerprint density at radius 2 is 2.16 bits per heavy atom. The van der Waals surface area contributed by atoms with Crippen molar-refractivity contribution in [2.24, 2.45) is 0 Å². The van der Waals surface area contributed by atoms with Gasteiger partial charge in [0.25, 0.3) is 0 Å². The summed E-state index contributed by atoms with van der Waals surface area (Å²) >= 11 is 9.86. The summed E-state index contributed by atoms with van der Waals surface area (Å²) in [4.78, 5) is 0. The standard InChI is InChI=1S/C14H19ClO2S2/c1-3-12-14(19-7-6-18-12)13(16)10-8-9(15)4-5-11(10)17-2/h4-5,8,12-14,16H,3,6-7H2,1-2H3. The van der Waals surface area contributed by atoms with Crippen LogP contribution in [-0.2, 0) is 0 Å². The Bertz CT molecular complexity index is 428. The van der Waals surface area contributed by atoms with E-state index in [1.165, 1.54) is 5.75 Å². The molecule has 0 aromatic heterocycles. The van der Waals surface area contributed by atoms with Crippen molar-refractivity contribution in [3.63, 3.8) is 0 Å². The van der Waals surface area contributed by atoms with E-state index in [1.807, 2.05) is 35.7 Å². The summed E-state index contributed by atoms with van der Waals surface area (Å²) < 4.78 is 5.35. The van der Waals surface area contributed by atoms with Gasteiger partial charge in [0, 0.05) is 32.6 Å². The number of ether oxygens (including phenoxy) is 1. The molecule has 1 aliphatic heterocycles. The summed E-state index contributed by atoms with van der Waals surface area (Å²) in [6.45, 7) is 2.18. The van der Waals surface area contributed by atoms with E-state index in [9.17, 15) is 5.11 Å². The molecule has 2 rings (SSSR count). The van der Waals surface area contributed by atoms with Crippen molar-refractivity contribution in [3.05, 3.63) is 28.8 Å². The van der Waals surface area contributed by atoms with Crippen molar-refractivity contribution in [1.29, 1.82) is 0 Å². The molecule has 3 atom stereocenters. The first-order valence-corrected chi connectivity index (χ1v) is 8.89. The Kier molecular flexibility index (Phi) is 5.75. The van der Waals surface area contributed by atoms with E-state index in [0.717, 1.165) is 17.7 Å². The Balaban J connectivity index is 2.26. The minimum absolute atomic E-state index is 0.205. The molecule has 0 bridgehead atoms. The fourth-order valence-electron chi connectivity index (χ4n) is 2.34. The van der Waals surface area contributed by atoms with Crippen molar-refractivity contribution in [2.75, 3.05) is 18.6 Å². The van der Waals surface area contributed by atoms with Gasteiger partial charge in [0.05, 0.1) is 13.2 Å². The largest absolute Gasteiger partial charge is 0.496 e. The molecule has 5 heteroatoms. The van der Waals surface area contributed by atoms with Gasteiger partial charge >= 0.3 is 0 Å². The quantitative estimate of drug-likeness (QED) is 0.908. The lowest BCUT2D eigenvalue weighted by atomic mass is 10.0. The van der Waals surface area contributed by atoms with Gasteiger partial charge in [0.15, 0.2) is 0 Å². The average Bonchev–Trinajstić information content (AvgIpc) is 2.46. The highest BCUT2D eigenvalue weighted by Gasteiger charge is 2.33. The second-order valence-corrected chi connectivity index (χ2v) is 7.55. The van der Waals surface area contributed by atoms with Gasteiger partial charge in [-0.1, -0.05) is 18.5 Å². The smallest absolute Gasteiger partial charge is 0.124 e. The monoisotopic (exact) mass is 318 g/mol. The molecule has 1 aliphatic rings. The second kappa shape index (κ2) is 7.11. The SMILES string of the molecule is CCC1SCCSC1C(O)c1cc(Cl)ccc1OC. The molecule has 1 aromatic rings. The number of aliphatic hydroxyl groups excluding tert-OH is 1. The van der Waals surface area contributed by atoms with E-state index in [4.69, 9.17) is 16.3 Å². The van der Waals surface area contributed by atoms with Gasteiger partial charge in [-0.05, 0) is 24.6 Å². The third-order valence-electron chi connectivity index (χ3n) is 3.32. The van der Waals surface area contributed by atoms with E-state index in [1.54, 1.807) is 13.2 Å². The Hall–Kier alpha value is -0.0300. The van der Waals surface area contributed by atoms with Crippen molar-refractivity contribution in [1.82, 2.24) is 0 Å². The normalized spacial score (nSPS) is 25.1. The van der Waals surface area contributed by atoms with Gasteiger partial charge in [-0.2, -0.15) is 23.5 Å². The van der Waals surface area contributed by atoms with E-state index < -0.39 is 6.10 Å². The Morgan fingerprint density at radius 1 is 1.42 bits per heavy atom. The molecule has 19 heavy (non-hydrogen) atoms. The van der Waals surface area contributed by atoms with E-state index in [-0.39, 0.29) is 5.25 Å². The first-order chi connectivity index (χ1) is 9.17. The van der Waals surface area contributed by atoms with Gasteiger partial charge in [0.1, 0.15) is 5.75 Å². The van der Waals surface area contributed by atoms with Gasteiger partial charge < -0.3 is 9.84 Å². The van der Waals surface area contributed by atoms with Crippen LogP contribution in [0.1, 0.15) is 25.0 Å². The zero-order valence-electron chi connectivity index (χ0n) is 11.1. The highest BCUT2D eigenvalue weighted by molar-refractivity contribution is 8.07. The van der Waals surface area contributed by atoms with Crippen LogP contribution >= 0.6 is 35.1 Å². The molecule has 0 spiro atoms. The number of benzene rings is 1. The summed E-state index contributed by atoms with van der Waals surface area (Å²) in [5.41, 5.74) is 0.799. The predicted molar refractivity (Wildman–Crippen MR) is 85.7 cm³/mol. The molecule has 1 heterocycles. The topological polar surface area (TPSA) is 29.5 Å². The van der Waals surface area contributed by atoms with Gasteiger partial charge in [-0.15, -0.1) is 0 Å². The minimum atomic E-state index is -0.531. The molecule has 1 aromatic carbocycles. The van der Waals surface area contributed by atoms with Crippen LogP contribution in [0.4, 0.5) is 0 Å². The molecule has 1 saturated heterocycles. The summed E-state index contributed by atoms with van der Waals surface area (Å²) in [6.07, 6.45) is 0.541. The van der Waals surface area contributed by atoms with Gasteiger partial charge in [-0.25, -0.2) is 0 Å². The maximum Gasteiger partial charge on any atom is 0.124 e. The van der Waals surface area contributed by atoms with Crippen LogP contribution in [0, 0.1) is 0 Å².